The van der Waals surface area contributed by atoms with Crippen molar-refractivity contribution in [1.82, 2.24) is 10.6 Å². The van der Waals surface area contributed by atoms with Crippen LogP contribution in [0, 0.1) is 6.92 Å². The van der Waals surface area contributed by atoms with Crippen molar-refractivity contribution in [2.45, 2.75) is 25.9 Å². The highest BCUT2D eigenvalue weighted by Crippen LogP contribution is 2.36. The van der Waals surface area contributed by atoms with E-state index in [1.807, 2.05) is 50.2 Å². The molecule has 1 unspecified atom stereocenters. The maximum absolute atomic E-state index is 12.9. The van der Waals surface area contributed by atoms with Gasteiger partial charge in [-0.2, -0.15) is 0 Å². The van der Waals surface area contributed by atoms with Crippen molar-refractivity contribution < 1.29 is 14.3 Å². The third-order valence-electron chi connectivity index (χ3n) is 5.05. The Hall–Kier alpha value is -2.73. The second-order valence-electron chi connectivity index (χ2n) is 7.10. The summed E-state index contributed by atoms with van der Waals surface area (Å²) < 4.78 is 11.4. The van der Waals surface area contributed by atoms with Crippen molar-refractivity contribution in [3.63, 3.8) is 0 Å². The van der Waals surface area contributed by atoms with E-state index in [0.717, 1.165) is 41.4 Å². The molecule has 27 heavy (non-hydrogen) atoms. The number of anilines is 1. The summed E-state index contributed by atoms with van der Waals surface area (Å²) >= 11 is 0. The Labute approximate surface area is 159 Å². The van der Waals surface area contributed by atoms with E-state index in [2.05, 4.69) is 16.0 Å². The molecule has 0 bridgehead atoms. The minimum absolute atomic E-state index is 0.0929. The summed E-state index contributed by atoms with van der Waals surface area (Å²) in [6.07, 6.45) is 0. The number of carbonyl (C=O) groups excluding carboxylic acids is 1. The van der Waals surface area contributed by atoms with Crippen LogP contribution < -0.4 is 25.4 Å². The molecule has 4 rings (SSSR count). The predicted octanol–water partition coefficient (Wildman–Crippen LogP) is 2.64. The number of ether oxygens (including phenoxy) is 2. The van der Waals surface area contributed by atoms with Gasteiger partial charge in [0.05, 0.1) is 12.1 Å². The van der Waals surface area contributed by atoms with E-state index in [9.17, 15) is 4.79 Å². The SMILES string of the molecule is Cc1ccc(NC2CNC2)cc1C(=O)NC(C)c1cccc2c1OCCO2. The summed E-state index contributed by atoms with van der Waals surface area (Å²) in [5.41, 5.74) is 3.53. The minimum atomic E-state index is -0.194. The van der Waals surface area contributed by atoms with E-state index in [-0.39, 0.29) is 11.9 Å². The fourth-order valence-electron chi connectivity index (χ4n) is 3.37. The summed E-state index contributed by atoms with van der Waals surface area (Å²) in [4.78, 5) is 12.9. The zero-order valence-electron chi connectivity index (χ0n) is 15.7. The molecule has 2 aromatic carbocycles. The van der Waals surface area contributed by atoms with Gasteiger partial charge in [0.2, 0.25) is 0 Å². The van der Waals surface area contributed by atoms with Crippen molar-refractivity contribution in [2.24, 2.45) is 0 Å². The zero-order valence-corrected chi connectivity index (χ0v) is 15.7. The van der Waals surface area contributed by atoms with Gasteiger partial charge in [-0.1, -0.05) is 18.2 Å². The number of aryl methyl sites for hydroxylation is 1. The number of hydrogen-bond acceptors (Lipinski definition) is 5. The maximum atomic E-state index is 12.9. The lowest BCUT2D eigenvalue weighted by Crippen LogP contribution is -2.51. The van der Waals surface area contributed by atoms with Crippen molar-refractivity contribution >= 4 is 11.6 Å². The Bertz CT molecular complexity index is 849. The molecule has 2 heterocycles. The largest absolute Gasteiger partial charge is 0.486 e. The van der Waals surface area contributed by atoms with Gasteiger partial charge < -0.3 is 25.4 Å². The lowest BCUT2D eigenvalue weighted by molar-refractivity contribution is 0.0937. The molecule has 2 aliphatic heterocycles. The highest BCUT2D eigenvalue weighted by molar-refractivity contribution is 5.96. The summed E-state index contributed by atoms with van der Waals surface area (Å²) in [6, 6.07) is 11.9. The first kappa shape index (κ1) is 17.7. The number of hydrogen-bond donors (Lipinski definition) is 3. The number of nitrogens with one attached hydrogen (secondary N) is 3. The third-order valence-corrected chi connectivity index (χ3v) is 5.05. The van der Waals surface area contributed by atoms with Crippen LogP contribution in [0.2, 0.25) is 0 Å². The van der Waals surface area contributed by atoms with Gasteiger partial charge in [0.1, 0.15) is 13.2 Å². The number of carbonyl (C=O) groups is 1. The molecule has 6 heteroatoms. The van der Waals surface area contributed by atoms with Crippen molar-refractivity contribution in [3.05, 3.63) is 53.1 Å². The first-order valence-corrected chi connectivity index (χ1v) is 9.39. The average molecular weight is 367 g/mol. The number of para-hydroxylation sites is 1. The van der Waals surface area contributed by atoms with Gasteiger partial charge in [-0.3, -0.25) is 4.79 Å². The second kappa shape index (κ2) is 7.48. The molecule has 142 valence electrons. The average Bonchev–Trinajstić information content (AvgIpc) is 2.65. The molecule has 0 saturated carbocycles. The van der Waals surface area contributed by atoms with Crippen LogP contribution in [0.3, 0.4) is 0 Å². The normalized spacial score (nSPS) is 17.0. The maximum Gasteiger partial charge on any atom is 0.252 e. The lowest BCUT2D eigenvalue weighted by Gasteiger charge is -2.29. The minimum Gasteiger partial charge on any atom is -0.486 e. The van der Waals surface area contributed by atoms with E-state index in [4.69, 9.17) is 9.47 Å². The van der Waals surface area contributed by atoms with Crippen LogP contribution in [0.25, 0.3) is 0 Å². The van der Waals surface area contributed by atoms with E-state index < -0.39 is 0 Å². The van der Waals surface area contributed by atoms with E-state index in [1.54, 1.807) is 0 Å². The summed E-state index contributed by atoms with van der Waals surface area (Å²) in [5, 5.41) is 9.78. The highest BCUT2D eigenvalue weighted by Gasteiger charge is 2.22. The number of rotatable bonds is 5. The van der Waals surface area contributed by atoms with Crippen LogP contribution in [-0.4, -0.2) is 38.3 Å². The van der Waals surface area contributed by atoms with Gasteiger partial charge >= 0.3 is 0 Å². The lowest BCUT2D eigenvalue weighted by atomic mass is 10.0. The first-order valence-electron chi connectivity index (χ1n) is 9.39. The van der Waals surface area contributed by atoms with Gasteiger partial charge in [0, 0.05) is 29.9 Å². The predicted molar refractivity (Wildman–Crippen MR) is 105 cm³/mol. The quantitative estimate of drug-likeness (QED) is 0.758. The van der Waals surface area contributed by atoms with Gasteiger partial charge in [-0.15, -0.1) is 0 Å². The molecule has 0 spiro atoms. The molecule has 0 radical (unpaired) electrons. The topological polar surface area (TPSA) is 71.6 Å². The molecule has 2 aromatic rings. The monoisotopic (exact) mass is 367 g/mol. The van der Waals surface area contributed by atoms with Crippen LogP contribution in [0.4, 0.5) is 5.69 Å². The van der Waals surface area contributed by atoms with E-state index in [1.165, 1.54) is 0 Å². The summed E-state index contributed by atoms with van der Waals surface area (Å²) in [7, 11) is 0. The van der Waals surface area contributed by atoms with Crippen molar-refractivity contribution in [1.29, 1.82) is 0 Å². The molecule has 1 fully saturated rings. The third kappa shape index (κ3) is 3.71. The van der Waals surface area contributed by atoms with E-state index >= 15 is 0 Å². The number of benzene rings is 2. The van der Waals surface area contributed by atoms with Crippen molar-refractivity contribution in [3.8, 4) is 11.5 Å². The Morgan fingerprint density at radius 1 is 1.19 bits per heavy atom. The molecule has 1 saturated heterocycles. The molecule has 6 nitrogen and oxygen atoms in total. The molecular weight excluding hydrogens is 342 g/mol. The van der Waals surface area contributed by atoms with Gasteiger partial charge in [-0.25, -0.2) is 0 Å². The number of fused-ring (bicyclic) bond motifs is 1. The van der Waals surface area contributed by atoms with Gasteiger partial charge in [0.25, 0.3) is 5.91 Å². The molecule has 2 aliphatic rings. The fourth-order valence-corrected chi connectivity index (χ4v) is 3.37. The Balaban J connectivity index is 1.51. The first-order chi connectivity index (χ1) is 13.1. The molecule has 1 atom stereocenters. The van der Waals surface area contributed by atoms with Crippen LogP contribution in [0.5, 0.6) is 11.5 Å². The molecule has 0 aromatic heterocycles. The standard InChI is InChI=1S/C21H25N3O3/c1-13-6-7-15(24-16-11-22-12-16)10-18(13)21(25)23-14(2)17-4-3-5-19-20(17)27-9-8-26-19/h3-7,10,14,16,22,24H,8-9,11-12H2,1-2H3,(H,23,25). The van der Waals surface area contributed by atoms with Crippen molar-refractivity contribution in [2.75, 3.05) is 31.6 Å². The summed E-state index contributed by atoms with van der Waals surface area (Å²) in [6.45, 7) is 6.89. The molecule has 1 amide bonds. The smallest absolute Gasteiger partial charge is 0.252 e. The second-order valence-corrected chi connectivity index (χ2v) is 7.10. The molecule has 3 N–H and O–H groups in total. The Morgan fingerprint density at radius 2 is 2.00 bits per heavy atom. The Morgan fingerprint density at radius 3 is 2.78 bits per heavy atom. The summed E-state index contributed by atoms with van der Waals surface area (Å²) in [5.74, 6) is 1.36. The van der Waals surface area contributed by atoms with Crippen LogP contribution in [-0.2, 0) is 0 Å². The van der Waals surface area contributed by atoms with Gasteiger partial charge in [0.15, 0.2) is 11.5 Å². The van der Waals surface area contributed by atoms with E-state index in [0.29, 0.717) is 24.8 Å². The number of amides is 1. The fraction of sp³-hybridized carbons (Fsp3) is 0.381. The highest BCUT2D eigenvalue weighted by atomic mass is 16.6. The van der Waals surface area contributed by atoms with Crippen LogP contribution in [0.1, 0.15) is 34.5 Å². The zero-order chi connectivity index (χ0) is 18.8. The Kier molecular flexibility index (Phi) is 4.90. The van der Waals surface area contributed by atoms with Crippen LogP contribution >= 0.6 is 0 Å². The molecule has 0 aliphatic carbocycles. The van der Waals surface area contributed by atoms with Gasteiger partial charge in [-0.05, 0) is 37.6 Å². The molecular formula is C21H25N3O3. The van der Waals surface area contributed by atoms with Crippen LogP contribution in [0.15, 0.2) is 36.4 Å².